The summed E-state index contributed by atoms with van der Waals surface area (Å²) in [5.74, 6) is -0.0155. The van der Waals surface area contributed by atoms with Gasteiger partial charge in [0.15, 0.2) is 0 Å². The van der Waals surface area contributed by atoms with E-state index < -0.39 is 5.97 Å². The molecule has 130 valence electrons. The number of carbonyl (C=O) groups is 2. The highest BCUT2D eigenvalue weighted by atomic mass is 16.5. The zero-order valence-corrected chi connectivity index (χ0v) is 13.7. The van der Waals surface area contributed by atoms with Crippen molar-refractivity contribution in [2.75, 3.05) is 7.11 Å². The van der Waals surface area contributed by atoms with E-state index in [0.29, 0.717) is 17.9 Å². The minimum atomic E-state index is -1.01. The highest BCUT2D eigenvalue weighted by Gasteiger charge is 2.33. The number of amides is 1. The smallest absolute Gasteiger partial charge is 0.303 e. The van der Waals surface area contributed by atoms with Crippen LogP contribution in [0.3, 0.4) is 0 Å². The molecule has 0 spiro atoms. The van der Waals surface area contributed by atoms with Crippen LogP contribution < -0.4 is 4.74 Å². The average molecular weight is 342 g/mol. The topological polar surface area (TPSA) is 92.3 Å². The first-order chi connectivity index (χ1) is 12.1. The Bertz CT molecular complexity index is 780. The maximum atomic E-state index is 12.5. The van der Waals surface area contributed by atoms with Crippen molar-refractivity contribution in [3.8, 4) is 5.75 Å². The normalized spacial score (nSPS) is 16.6. The van der Waals surface area contributed by atoms with E-state index in [1.165, 1.54) is 5.01 Å². The molecule has 7 nitrogen and oxygen atoms in total. The number of methoxy groups -OCH3 is 1. The van der Waals surface area contributed by atoms with Crippen LogP contribution in [-0.4, -0.2) is 34.8 Å². The van der Waals surface area contributed by atoms with Gasteiger partial charge in [-0.1, -0.05) is 12.1 Å². The molecule has 1 aliphatic heterocycles. The summed E-state index contributed by atoms with van der Waals surface area (Å²) in [4.78, 5) is 23.2. The number of carboxylic acid groups (broad SMARTS) is 1. The molecule has 3 rings (SSSR count). The molecule has 2 aromatic rings. The summed E-state index contributed by atoms with van der Waals surface area (Å²) >= 11 is 0. The van der Waals surface area contributed by atoms with E-state index in [1.54, 1.807) is 25.5 Å². The molecule has 0 unspecified atom stereocenters. The Balaban J connectivity index is 1.86. The fourth-order valence-corrected chi connectivity index (χ4v) is 2.75. The molecule has 1 atom stereocenters. The highest BCUT2D eigenvalue weighted by Crippen LogP contribution is 2.34. The van der Waals surface area contributed by atoms with E-state index in [1.807, 2.05) is 24.3 Å². The average Bonchev–Trinajstić information content (AvgIpc) is 3.29. The van der Waals surface area contributed by atoms with Crippen molar-refractivity contribution < 1.29 is 23.8 Å². The van der Waals surface area contributed by atoms with Crippen molar-refractivity contribution in [1.29, 1.82) is 0 Å². The number of benzene rings is 1. The first-order valence-electron chi connectivity index (χ1n) is 7.87. The zero-order valence-electron chi connectivity index (χ0n) is 13.7. The largest absolute Gasteiger partial charge is 0.497 e. The Kier molecular flexibility index (Phi) is 4.83. The lowest BCUT2D eigenvalue weighted by atomic mass is 10.0. The number of hydrazone groups is 1. The number of carboxylic acids is 1. The van der Waals surface area contributed by atoms with Crippen molar-refractivity contribution in [2.45, 2.75) is 25.3 Å². The summed E-state index contributed by atoms with van der Waals surface area (Å²) < 4.78 is 10.5. The summed E-state index contributed by atoms with van der Waals surface area (Å²) in [6.07, 6.45) is 1.72. The van der Waals surface area contributed by atoms with Crippen LogP contribution in [0.15, 0.2) is 52.2 Å². The Morgan fingerprint density at radius 1 is 1.28 bits per heavy atom. The Morgan fingerprint density at radius 2 is 2.04 bits per heavy atom. The lowest BCUT2D eigenvalue weighted by Crippen LogP contribution is -2.27. The fraction of sp³-hybridized carbons (Fsp3) is 0.278. The van der Waals surface area contributed by atoms with Gasteiger partial charge in [0.25, 0.3) is 0 Å². The molecule has 0 fully saturated rings. The van der Waals surface area contributed by atoms with Crippen LogP contribution in [0.5, 0.6) is 5.75 Å². The molecule has 25 heavy (non-hydrogen) atoms. The van der Waals surface area contributed by atoms with Crippen LogP contribution in [0.25, 0.3) is 0 Å². The first kappa shape index (κ1) is 16.8. The van der Waals surface area contributed by atoms with Crippen LogP contribution in [0.2, 0.25) is 0 Å². The Hall–Kier alpha value is -3.09. The number of furan rings is 1. The van der Waals surface area contributed by atoms with Crippen molar-refractivity contribution in [3.05, 3.63) is 54.0 Å². The second-order valence-electron chi connectivity index (χ2n) is 5.65. The third kappa shape index (κ3) is 3.71. The fourth-order valence-electron chi connectivity index (χ4n) is 2.75. The quantitative estimate of drug-likeness (QED) is 0.871. The Labute approximate surface area is 144 Å². The van der Waals surface area contributed by atoms with Gasteiger partial charge in [0, 0.05) is 12.8 Å². The third-order valence-corrected chi connectivity index (χ3v) is 4.02. The van der Waals surface area contributed by atoms with Gasteiger partial charge in [0.05, 0.1) is 25.8 Å². The van der Waals surface area contributed by atoms with Crippen molar-refractivity contribution in [1.82, 2.24) is 5.01 Å². The van der Waals surface area contributed by atoms with E-state index in [4.69, 9.17) is 14.3 Å². The van der Waals surface area contributed by atoms with Crippen molar-refractivity contribution in [2.24, 2.45) is 5.10 Å². The van der Waals surface area contributed by atoms with E-state index in [-0.39, 0.29) is 24.8 Å². The summed E-state index contributed by atoms with van der Waals surface area (Å²) in [6, 6.07) is 10.6. The van der Waals surface area contributed by atoms with Crippen LogP contribution >= 0.6 is 0 Å². The number of rotatable bonds is 6. The second-order valence-corrected chi connectivity index (χ2v) is 5.65. The lowest BCUT2D eigenvalue weighted by molar-refractivity contribution is -0.141. The summed E-state index contributed by atoms with van der Waals surface area (Å²) in [5.41, 5.74) is 1.56. The van der Waals surface area contributed by atoms with Gasteiger partial charge in [-0.2, -0.15) is 5.10 Å². The predicted molar refractivity (Wildman–Crippen MR) is 89.3 cm³/mol. The molecule has 1 N–H and O–H groups in total. The molecule has 7 heteroatoms. The number of hydrogen-bond donors (Lipinski definition) is 1. The standard InChI is InChI=1S/C18H18N2O5/c1-24-13-6-4-12(5-7-13)15-11-14(16-3-2-10-25-16)19-20(15)17(21)8-9-18(22)23/h2-7,10,15H,8-9,11H2,1H3,(H,22,23)/t15-/m0/s1. The third-order valence-electron chi connectivity index (χ3n) is 4.02. The SMILES string of the molecule is COc1ccc([C@@H]2CC(c3ccco3)=NN2C(=O)CCC(=O)O)cc1. The van der Waals surface area contributed by atoms with Gasteiger partial charge in [-0.05, 0) is 29.8 Å². The molecule has 1 amide bonds. The molecule has 0 saturated carbocycles. The van der Waals surface area contributed by atoms with Crippen LogP contribution in [0.1, 0.15) is 36.6 Å². The minimum Gasteiger partial charge on any atom is -0.497 e. The molecule has 0 radical (unpaired) electrons. The molecule has 2 heterocycles. The van der Waals surface area contributed by atoms with E-state index in [2.05, 4.69) is 5.10 Å². The maximum Gasteiger partial charge on any atom is 0.303 e. The number of ether oxygens (including phenoxy) is 1. The van der Waals surface area contributed by atoms with Gasteiger partial charge < -0.3 is 14.3 Å². The van der Waals surface area contributed by atoms with Crippen LogP contribution in [0.4, 0.5) is 0 Å². The molecule has 1 aromatic carbocycles. The summed E-state index contributed by atoms with van der Waals surface area (Å²) in [6.45, 7) is 0. The van der Waals surface area contributed by atoms with E-state index >= 15 is 0 Å². The van der Waals surface area contributed by atoms with Crippen LogP contribution in [0, 0.1) is 0 Å². The molecule has 1 aromatic heterocycles. The highest BCUT2D eigenvalue weighted by molar-refractivity contribution is 6.01. The Morgan fingerprint density at radius 3 is 2.64 bits per heavy atom. The monoisotopic (exact) mass is 342 g/mol. The van der Waals surface area contributed by atoms with Crippen molar-refractivity contribution in [3.63, 3.8) is 0 Å². The molecule has 0 aliphatic carbocycles. The first-order valence-corrected chi connectivity index (χ1v) is 7.87. The number of nitrogens with zero attached hydrogens (tertiary/aromatic N) is 2. The summed E-state index contributed by atoms with van der Waals surface area (Å²) in [5, 5.41) is 14.6. The molecular formula is C18H18N2O5. The van der Waals surface area contributed by atoms with E-state index in [9.17, 15) is 9.59 Å². The number of carbonyl (C=O) groups excluding carboxylic acids is 1. The minimum absolute atomic E-state index is 0.100. The number of hydrogen-bond acceptors (Lipinski definition) is 5. The van der Waals surface area contributed by atoms with Gasteiger partial charge in [0.1, 0.15) is 17.2 Å². The van der Waals surface area contributed by atoms with Gasteiger partial charge in [0.2, 0.25) is 5.91 Å². The lowest BCUT2D eigenvalue weighted by Gasteiger charge is -2.22. The van der Waals surface area contributed by atoms with Crippen molar-refractivity contribution >= 4 is 17.6 Å². The molecule has 1 aliphatic rings. The van der Waals surface area contributed by atoms with Gasteiger partial charge in [-0.25, -0.2) is 5.01 Å². The molecule has 0 saturated heterocycles. The van der Waals surface area contributed by atoms with E-state index in [0.717, 1.165) is 11.3 Å². The summed E-state index contributed by atoms with van der Waals surface area (Å²) in [7, 11) is 1.59. The maximum absolute atomic E-state index is 12.5. The van der Waals surface area contributed by atoms with Gasteiger partial charge >= 0.3 is 5.97 Å². The molecule has 0 bridgehead atoms. The van der Waals surface area contributed by atoms with Gasteiger partial charge in [-0.15, -0.1) is 0 Å². The second kappa shape index (κ2) is 7.21. The predicted octanol–water partition coefficient (Wildman–Crippen LogP) is 2.83. The number of aliphatic carboxylic acids is 1. The zero-order chi connectivity index (χ0) is 17.8. The van der Waals surface area contributed by atoms with Crippen LogP contribution in [-0.2, 0) is 9.59 Å². The molecular weight excluding hydrogens is 324 g/mol. The van der Waals surface area contributed by atoms with Gasteiger partial charge in [-0.3, -0.25) is 9.59 Å².